The van der Waals surface area contributed by atoms with Crippen LogP contribution in [0.15, 0.2) is 12.5 Å². The van der Waals surface area contributed by atoms with Crippen molar-refractivity contribution in [3.63, 3.8) is 0 Å². The van der Waals surface area contributed by atoms with E-state index in [1.807, 2.05) is 6.92 Å². The number of hydrogen-bond donors (Lipinski definition) is 3. The van der Waals surface area contributed by atoms with Crippen LogP contribution in [0.5, 0.6) is 0 Å². The van der Waals surface area contributed by atoms with Crippen LogP contribution < -0.4 is 10.6 Å². The smallest absolute Gasteiger partial charge is 0.225 e. The number of nitrogens with one attached hydrogen (secondary N) is 3. The SMILES string of the molecule is CC1NCCC1C(=O)NCc1cnc[nH]1. The van der Waals surface area contributed by atoms with Crippen LogP contribution in [-0.2, 0) is 11.3 Å². The molecule has 1 aromatic rings. The Hall–Kier alpha value is -1.36. The Bertz CT molecular complexity index is 322. The summed E-state index contributed by atoms with van der Waals surface area (Å²) in [6, 6.07) is 0.284. The van der Waals surface area contributed by atoms with Crippen molar-refractivity contribution in [1.82, 2.24) is 20.6 Å². The van der Waals surface area contributed by atoms with Gasteiger partial charge in [0, 0.05) is 12.2 Å². The molecule has 1 aromatic heterocycles. The molecule has 0 radical (unpaired) electrons. The number of carbonyl (C=O) groups is 1. The second kappa shape index (κ2) is 4.44. The molecule has 0 aromatic carbocycles. The number of nitrogens with zero attached hydrogens (tertiary/aromatic N) is 1. The summed E-state index contributed by atoms with van der Waals surface area (Å²) in [4.78, 5) is 18.6. The summed E-state index contributed by atoms with van der Waals surface area (Å²) in [5, 5.41) is 6.17. The number of hydrogen-bond acceptors (Lipinski definition) is 3. The molecule has 2 heterocycles. The highest BCUT2D eigenvalue weighted by Crippen LogP contribution is 2.14. The summed E-state index contributed by atoms with van der Waals surface area (Å²) in [6.07, 6.45) is 4.26. The van der Waals surface area contributed by atoms with Crippen LogP contribution in [0.4, 0.5) is 0 Å². The Balaban J connectivity index is 1.82. The van der Waals surface area contributed by atoms with Crippen LogP contribution in [-0.4, -0.2) is 28.5 Å². The molecule has 0 bridgehead atoms. The van der Waals surface area contributed by atoms with Crippen molar-refractivity contribution in [3.05, 3.63) is 18.2 Å². The van der Waals surface area contributed by atoms with Crippen molar-refractivity contribution in [3.8, 4) is 0 Å². The van der Waals surface area contributed by atoms with Crippen LogP contribution in [0.2, 0.25) is 0 Å². The van der Waals surface area contributed by atoms with Crippen molar-refractivity contribution in [2.24, 2.45) is 5.92 Å². The standard InChI is InChI=1S/C10H16N4O/c1-7-9(2-3-12-7)10(15)13-5-8-4-11-6-14-8/h4,6-7,9,12H,2-3,5H2,1H3,(H,11,14)(H,13,15). The van der Waals surface area contributed by atoms with Crippen LogP contribution in [0.25, 0.3) is 0 Å². The maximum absolute atomic E-state index is 11.8. The predicted molar refractivity (Wildman–Crippen MR) is 56.0 cm³/mol. The fourth-order valence-electron chi connectivity index (χ4n) is 1.91. The van der Waals surface area contributed by atoms with E-state index in [1.54, 1.807) is 12.5 Å². The summed E-state index contributed by atoms with van der Waals surface area (Å²) < 4.78 is 0. The van der Waals surface area contributed by atoms with E-state index in [9.17, 15) is 4.79 Å². The molecule has 2 unspecified atom stereocenters. The van der Waals surface area contributed by atoms with E-state index in [2.05, 4.69) is 20.6 Å². The molecule has 0 spiro atoms. The van der Waals surface area contributed by atoms with E-state index in [4.69, 9.17) is 0 Å². The van der Waals surface area contributed by atoms with Gasteiger partial charge in [-0.2, -0.15) is 0 Å². The third-order valence-electron chi connectivity index (χ3n) is 2.87. The highest BCUT2D eigenvalue weighted by molar-refractivity contribution is 5.79. The summed E-state index contributed by atoms with van der Waals surface area (Å²) in [5.74, 6) is 0.232. The third-order valence-corrected chi connectivity index (χ3v) is 2.87. The second-order valence-corrected chi connectivity index (χ2v) is 3.93. The van der Waals surface area contributed by atoms with Crippen molar-refractivity contribution in [2.75, 3.05) is 6.54 Å². The quantitative estimate of drug-likeness (QED) is 0.656. The van der Waals surface area contributed by atoms with E-state index < -0.39 is 0 Å². The molecule has 1 amide bonds. The fraction of sp³-hybridized carbons (Fsp3) is 0.600. The number of amides is 1. The molecule has 2 atom stereocenters. The molecule has 1 aliphatic heterocycles. The van der Waals surface area contributed by atoms with Crippen LogP contribution in [0.3, 0.4) is 0 Å². The maximum atomic E-state index is 11.8. The first-order chi connectivity index (χ1) is 7.27. The number of carbonyl (C=O) groups excluding carboxylic acids is 1. The Kier molecular flexibility index (Phi) is 3.01. The van der Waals surface area contributed by atoms with E-state index >= 15 is 0 Å². The van der Waals surface area contributed by atoms with E-state index in [0.717, 1.165) is 18.7 Å². The number of imidazole rings is 1. The molecule has 3 N–H and O–H groups in total. The molecule has 2 rings (SSSR count). The lowest BCUT2D eigenvalue weighted by molar-refractivity contribution is -0.125. The summed E-state index contributed by atoms with van der Waals surface area (Å²) in [5.41, 5.74) is 0.932. The van der Waals surface area contributed by atoms with Crippen LogP contribution in [0.1, 0.15) is 19.0 Å². The predicted octanol–water partition coefficient (Wildman–Crippen LogP) is 0.0239. The zero-order chi connectivity index (χ0) is 10.7. The third kappa shape index (κ3) is 2.36. The van der Waals surface area contributed by atoms with Crippen molar-refractivity contribution in [1.29, 1.82) is 0 Å². The molecule has 0 aliphatic carbocycles. The Labute approximate surface area is 88.7 Å². The summed E-state index contributed by atoms with van der Waals surface area (Å²) in [6.45, 7) is 3.51. The highest BCUT2D eigenvalue weighted by Gasteiger charge is 2.28. The van der Waals surface area contributed by atoms with E-state index in [-0.39, 0.29) is 17.9 Å². The van der Waals surface area contributed by atoms with E-state index in [1.165, 1.54) is 0 Å². The topological polar surface area (TPSA) is 69.8 Å². The Morgan fingerprint density at radius 3 is 3.20 bits per heavy atom. The summed E-state index contributed by atoms with van der Waals surface area (Å²) >= 11 is 0. The molecule has 5 nitrogen and oxygen atoms in total. The van der Waals surface area contributed by atoms with Gasteiger partial charge in [0.05, 0.1) is 24.5 Å². The lowest BCUT2D eigenvalue weighted by atomic mass is 10.0. The molecule has 5 heteroatoms. The van der Waals surface area contributed by atoms with Gasteiger partial charge >= 0.3 is 0 Å². The van der Waals surface area contributed by atoms with Crippen LogP contribution in [0, 0.1) is 5.92 Å². The number of aromatic nitrogens is 2. The minimum absolute atomic E-state index is 0.105. The second-order valence-electron chi connectivity index (χ2n) is 3.93. The number of H-pyrrole nitrogens is 1. The lowest BCUT2D eigenvalue weighted by Gasteiger charge is -2.14. The zero-order valence-corrected chi connectivity index (χ0v) is 8.79. The zero-order valence-electron chi connectivity index (χ0n) is 8.79. The Morgan fingerprint density at radius 1 is 1.73 bits per heavy atom. The highest BCUT2D eigenvalue weighted by atomic mass is 16.1. The van der Waals surface area contributed by atoms with E-state index in [0.29, 0.717) is 6.54 Å². The first-order valence-electron chi connectivity index (χ1n) is 5.25. The first-order valence-corrected chi connectivity index (χ1v) is 5.25. The van der Waals surface area contributed by atoms with Gasteiger partial charge in [0.25, 0.3) is 0 Å². The maximum Gasteiger partial charge on any atom is 0.225 e. The molecule has 15 heavy (non-hydrogen) atoms. The average Bonchev–Trinajstić information content (AvgIpc) is 2.84. The van der Waals surface area contributed by atoms with Gasteiger partial charge in [0.15, 0.2) is 0 Å². The van der Waals surface area contributed by atoms with Crippen LogP contribution >= 0.6 is 0 Å². The lowest BCUT2D eigenvalue weighted by Crippen LogP contribution is -2.36. The monoisotopic (exact) mass is 208 g/mol. The molecular formula is C10H16N4O. The average molecular weight is 208 g/mol. The van der Waals surface area contributed by atoms with Gasteiger partial charge in [0.2, 0.25) is 5.91 Å². The van der Waals surface area contributed by atoms with Gasteiger partial charge in [-0.25, -0.2) is 4.98 Å². The van der Waals surface area contributed by atoms with Crippen molar-refractivity contribution in [2.45, 2.75) is 25.9 Å². The minimum atomic E-state index is 0.105. The van der Waals surface area contributed by atoms with Gasteiger partial charge in [-0.1, -0.05) is 0 Å². The van der Waals surface area contributed by atoms with Gasteiger partial charge in [0.1, 0.15) is 0 Å². The Morgan fingerprint density at radius 2 is 2.60 bits per heavy atom. The van der Waals surface area contributed by atoms with Gasteiger partial charge < -0.3 is 15.6 Å². The van der Waals surface area contributed by atoms with Crippen molar-refractivity contribution < 1.29 is 4.79 Å². The molecule has 82 valence electrons. The van der Waals surface area contributed by atoms with Gasteiger partial charge in [-0.3, -0.25) is 4.79 Å². The first kappa shape index (κ1) is 10.2. The molecule has 1 aliphatic rings. The normalized spacial score (nSPS) is 25.4. The molecule has 1 fully saturated rings. The largest absolute Gasteiger partial charge is 0.350 e. The number of aromatic amines is 1. The number of rotatable bonds is 3. The van der Waals surface area contributed by atoms with Crippen molar-refractivity contribution >= 4 is 5.91 Å². The molecule has 0 saturated carbocycles. The fourth-order valence-corrected chi connectivity index (χ4v) is 1.91. The summed E-state index contributed by atoms with van der Waals surface area (Å²) in [7, 11) is 0. The van der Waals surface area contributed by atoms with Gasteiger partial charge in [-0.15, -0.1) is 0 Å². The molecule has 1 saturated heterocycles. The molecular weight excluding hydrogens is 192 g/mol. The van der Waals surface area contributed by atoms with Gasteiger partial charge in [-0.05, 0) is 19.9 Å². The minimum Gasteiger partial charge on any atom is -0.350 e.